The first kappa shape index (κ1) is 19.8. The van der Waals surface area contributed by atoms with E-state index in [1.54, 1.807) is 6.26 Å². The Morgan fingerprint density at radius 3 is 2.74 bits per heavy atom. The van der Waals surface area contributed by atoms with Gasteiger partial charge in [0.2, 0.25) is 0 Å². The van der Waals surface area contributed by atoms with Crippen molar-refractivity contribution >= 4 is 29.9 Å². The summed E-state index contributed by atoms with van der Waals surface area (Å²) in [6.07, 6.45) is 9.97. The molecule has 1 unspecified atom stereocenters. The highest BCUT2D eigenvalue weighted by Crippen LogP contribution is 2.31. The van der Waals surface area contributed by atoms with Crippen LogP contribution in [0.1, 0.15) is 36.6 Å². The number of nitrogens with one attached hydrogen (secondary N) is 2. The van der Waals surface area contributed by atoms with Gasteiger partial charge in [-0.2, -0.15) is 0 Å². The zero-order valence-corrected chi connectivity index (χ0v) is 17.6. The molecule has 2 aromatic rings. The zero-order valence-electron chi connectivity index (χ0n) is 15.3. The Kier molecular flexibility index (Phi) is 7.20. The Bertz CT molecular complexity index is 765. The number of aliphatic imine (C=N–C) groups is 1. The maximum atomic E-state index is 5.78. The predicted molar refractivity (Wildman–Crippen MR) is 118 cm³/mol. The number of guanidine groups is 1. The summed E-state index contributed by atoms with van der Waals surface area (Å²) in [6.45, 7) is 1.41. The fourth-order valence-corrected chi connectivity index (χ4v) is 3.45. The number of para-hydroxylation sites is 1. The quantitative estimate of drug-likeness (QED) is 0.292. The molecule has 1 aliphatic heterocycles. The summed E-state index contributed by atoms with van der Waals surface area (Å²) < 4.78 is 11.2. The van der Waals surface area contributed by atoms with E-state index >= 15 is 0 Å². The number of fused-ring (bicyclic) bond motifs is 1. The highest BCUT2D eigenvalue weighted by Gasteiger charge is 2.23. The van der Waals surface area contributed by atoms with E-state index in [4.69, 9.17) is 14.1 Å². The van der Waals surface area contributed by atoms with Crippen molar-refractivity contribution in [1.29, 1.82) is 0 Å². The van der Waals surface area contributed by atoms with Gasteiger partial charge in [0.25, 0.3) is 0 Å². The van der Waals surface area contributed by atoms with E-state index in [1.165, 1.54) is 5.56 Å². The number of halogens is 1. The number of benzene rings is 1. The van der Waals surface area contributed by atoms with Gasteiger partial charge >= 0.3 is 0 Å². The zero-order chi connectivity index (χ0) is 17.6. The summed E-state index contributed by atoms with van der Waals surface area (Å²) in [7, 11) is 0. The topological polar surface area (TPSA) is 58.8 Å². The van der Waals surface area contributed by atoms with Gasteiger partial charge in [-0.3, -0.25) is 4.99 Å². The second kappa shape index (κ2) is 9.82. The molecule has 0 bridgehead atoms. The molecule has 1 aromatic heterocycles. The Hall–Kier alpha value is -1.96. The predicted octanol–water partition coefficient (Wildman–Crippen LogP) is 4.22. The van der Waals surface area contributed by atoms with Crippen molar-refractivity contribution in [3.63, 3.8) is 0 Å². The molecular weight excluding hydrogens is 453 g/mol. The standard InChI is InChI=1S/C21H25N3O2.HI/c1-2-7-16(6-1)23-21(22-13-11-17-8-5-14-25-17)24-19-12-15-26-20-10-4-3-9-18(19)20;/h1-5,8-10,14,16,19H,6-7,11-13,15H2,(H2,22,23,24);1H. The SMILES string of the molecule is C1=CCC(NC(=NCCc2ccco2)NC2CCOc3ccccc32)C1.I. The molecule has 0 saturated carbocycles. The summed E-state index contributed by atoms with van der Waals surface area (Å²) in [5.74, 6) is 2.80. The van der Waals surface area contributed by atoms with Crippen LogP contribution in [0.2, 0.25) is 0 Å². The van der Waals surface area contributed by atoms with Crippen LogP contribution in [-0.2, 0) is 6.42 Å². The minimum absolute atomic E-state index is 0. The number of furan rings is 1. The third kappa shape index (κ3) is 5.28. The van der Waals surface area contributed by atoms with Gasteiger partial charge < -0.3 is 19.8 Å². The van der Waals surface area contributed by atoms with E-state index in [2.05, 4.69) is 34.9 Å². The maximum Gasteiger partial charge on any atom is 0.192 e. The van der Waals surface area contributed by atoms with Gasteiger partial charge in [-0.05, 0) is 31.0 Å². The monoisotopic (exact) mass is 479 g/mol. The van der Waals surface area contributed by atoms with E-state index in [9.17, 15) is 0 Å². The molecule has 0 radical (unpaired) electrons. The highest BCUT2D eigenvalue weighted by molar-refractivity contribution is 14.0. The molecule has 1 aromatic carbocycles. The average Bonchev–Trinajstić information content (AvgIpc) is 3.36. The Morgan fingerprint density at radius 2 is 1.93 bits per heavy atom. The first-order valence-corrected chi connectivity index (χ1v) is 9.35. The molecule has 2 aliphatic rings. The van der Waals surface area contributed by atoms with Crippen molar-refractivity contribution < 1.29 is 9.15 Å². The first-order valence-electron chi connectivity index (χ1n) is 9.35. The van der Waals surface area contributed by atoms with Gasteiger partial charge in [0.05, 0.1) is 18.9 Å². The van der Waals surface area contributed by atoms with Crippen molar-refractivity contribution in [2.24, 2.45) is 4.99 Å². The van der Waals surface area contributed by atoms with Gasteiger partial charge in [0, 0.05) is 31.0 Å². The van der Waals surface area contributed by atoms with Gasteiger partial charge in [0.1, 0.15) is 11.5 Å². The van der Waals surface area contributed by atoms with Gasteiger partial charge in [-0.25, -0.2) is 0 Å². The minimum atomic E-state index is 0. The third-order valence-corrected chi connectivity index (χ3v) is 4.83. The molecule has 0 fully saturated rings. The van der Waals surface area contributed by atoms with E-state index in [1.807, 2.05) is 24.3 Å². The van der Waals surface area contributed by atoms with E-state index in [0.29, 0.717) is 12.6 Å². The van der Waals surface area contributed by atoms with Crippen molar-refractivity contribution in [3.8, 4) is 5.75 Å². The van der Waals surface area contributed by atoms with Crippen LogP contribution in [0, 0.1) is 0 Å². The second-order valence-electron chi connectivity index (χ2n) is 6.72. The van der Waals surface area contributed by atoms with E-state index in [0.717, 1.165) is 49.8 Å². The first-order chi connectivity index (χ1) is 12.9. The lowest BCUT2D eigenvalue weighted by molar-refractivity contribution is 0.261. The molecule has 5 nitrogen and oxygen atoms in total. The Labute approximate surface area is 177 Å². The van der Waals surface area contributed by atoms with Gasteiger partial charge in [-0.1, -0.05) is 30.4 Å². The number of hydrogen-bond acceptors (Lipinski definition) is 3. The lowest BCUT2D eigenvalue weighted by atomic mass is 10.0. The molecule has 144 valence electrons. The number of nitrogens with zero attached hydrogens (tertiary/aromatic N) is 1. The largest absolute Gasteiger partial charge is 0.493 e. The average molecular weight is 479 g/mol. The van der Waals surface area contributed by atoms with Crippen LogP contribution in [0.15, 0.2) is 64.2 Å². The molecule has 27 heavy (non-hydrogen) atoms. The van der Waals surface area contributed by atoms with Crippen LogP contribution >= 0.6 is 24.0 Å². The van der Waals surface area contributed by atoms with E-state index < -0.39 is 0 Å². The Morgan fingerprint density at radius 1 is 1.07 bits per heavy atom. The van der Waals surface area contributed by atoms with E-state index in [-0.39, 0.29) is 30.0 Å². The summed E-state index contributed by atoms with van der Waals surface area (Å²) in [5, 5.41) is 7.20. The lowest BCUT2D eigenvalue weighted by Crippen LogP contribution is -2.45. The fourth-order valence-electron chi connectivity index (χ4n) is 3.45. The number of rotatable bonds is 5. The maximum absolute atomic E-state index is 5.78. The van der Waals surface area contributed by atoms with Crippen LogP contribution in [0.4, 0.5) is 0 Å². The molecule has 1 atom stereocenters. The summed E-state index contributed by atoms with van der Waals surface area (Å²) >= 11 is 0. The molecular formula is C21H26IN3O2. The van der Waals surface area contributed by atoms with Crippen molar-refractivity contribution in [2.45, 2.75) is 37.8 Å². The molecule has 0 amide bonds. The van der Waals surface area contributed by atoms with Crippen LogP contribution < -0.4 is 15.4 Å². The van der Waals surface area contributed by atoms with Gasteiger partial charge in [-0.15, -0.1) is 24.0 Å². The molecule has 6 heteroatoms. The lowest BCUT2D eigenvalue weighted by Gasteiger charge is -2.29. The smallest absolute Gasteiger partial charge is 0.192 e. The van der Waals surface area contributed by atoms with Gasteiger partial charge in [0.15, 0.2) is 5.96 Å². The summed E-state index contributed by atoms with van der Waals surface area (Å²) in [6, 6.07) is 12.8. The molecule has 2 heterocycles. The van der Waals surface area contributed by atoms with Crippen LogP contribution in [0.25, 0.3) is 0 Å². The van der Waals surface area contributed by atoms with Crippen LogP contribution in [0.5, 0.6) is 5.75 Å². The highest BCUT2D eigenvalue weighted by atomic mass is 127. The molecule has 0 spiro atoms. The molecule has 1 aliphatic carbocycles. The number of hydrogen-bond donors (Lipinski definition) is 2. The fraction of sp³-hybridized carbons (Fsp3) is 0.381. The van der Waals surface area contributed by atoms with Crippen LogP contribution in [-0.4, -0.2) is 25.2 Å². The Balaban J connectivity index is 0.00000210. The van der Waals surface area contributed by atoms with Crippen LogP contribution in [0.3, 0.4) is 0 Å². The summed E-state index contributed by atoms with van der Waals surface area (Å²) in [5.41, 5.74) is 1.20. The van der Waals surface area contributed by atoms with Crippen molar-refractivity contribution in [3.05, 3.63) is 66.1 Å². The second-order valence-corrected chi connectivity index (χ2v) is 6.72. The molecule has 0 saturated heterocycles. The minimum Gasteiger partial charge on any atom is -0.493 e. The number of ether oxygens (including phenoxy) is 1. The third-order valence-electron chi connectivity index (χ3n) is 4.83. The summed E-state index contributed by atoms with van der Waals surface area (Å²) in [4.78, 5) is 4.79. The molecule has 2 N–H and O–H groups in total. The molecule has 4 rings (SSSR count). The van der Waals surface area contributed by atoms with Crippen molar-refractivity contribution in [2.75, 3.05) is 13.2 Å². The van der Waals surface area contributed by atoms with Crippen molar-refractivity contribution in [1.82, 2.24) is 10.6 Å². The normalized spacial score (nSPS) is 19.1.